The Kier molecular flexibility index (Phi) is 5.32. The molecule has 148 valence electrons. The van der Waals surface area contributed by atoms with E-state index in [1.54, 1.807) is 0 Å². The van der Waals surface area contributed by atoms with Gasteiger partial charge in [0.25, 0.3) is 0 Å². The molecule has 0 aliphatic rings. The lowest BCUT2D eigenvalue weighted by Crippen LogP contribution is -2.17. The molecule has 29 heavy (non-hydrogen) atoms. The van der Waals surface area contributed by atoms with Gasteiger partial charge in [-0.1, -0.05) is 42.5 Å². The average molecular weight is 386 g/mol. The fourth-order valence-electron chi connectivity index (χ4n) is 3.51. The second kappa shape index (κ2) is 8.05. The Hall–Kier alpha value is -3.18. The fraction of sp³-hybridized carbons (Fsp3) is 0.250. The Balaban J connectivity index is 1.68. The summed E-state index contributed by atoms with van der Waals surface area (Å²) in [4.78, 5) is 0. The van der Waals surface area contributed by atoms with Gasteiger partial charge in [-0.25, -0.2) is 4.68 Å². The van der Waals surface area contributed by atoms with Crippen LogP contribution in [0, 0.1) is 13.8 Å². The van der Waals surface area contributed by atoms with Crippen molar-refractivity contribution in [2.45, 2.75) is 33.4 Å². The van der Waals surface area contributed by atoms with E-state index >= 15 is 0 Å². The number of aromatic nitrogens is 4. The maximum absolute atomic E-state index is 4.97. The number of nitrogens with one attached hydrogen (secondary N) is 1. The predicted molar refractivity (Wildman–Crippen MR) is 117 cm³/mol. The molecule has 0 bridgehead atoms. The molecule has 0 aliphatic carbocycles. The Bertz CT molecular complexity index is 1110. The third-order valence-corrected chi connectivity index (χ3v) is 5.27. The summed E-state index contributed by atoms with van der Waals surface area (Å²) in [5.74, 6) is 0. The van der Waals surface area contributed by atoms with Gasteiger partial charge in [0.15, 0.2) is 0 Å². The van der Waals surface area contributed by atoms with Crippen molar-refractivity contribution < 1.29 is 0 Å². The molecule has 0 saturated carbocycles. The highest BCUT2D eigenvalue weighted by atomic mass is 15.3. The summed E-state index contributed by atoms with van der Waals surface area (Å²) in [6.45, 7) is 7.13. The van der Waals surface area contributed by atoms with E-state index in [-0.39, 0.29) is 6.04 Å². The van der Waals surface area contributed by atoms with Gasteiger partial charge < -0.3 is 5.32 Å². The van der Waals surface area contributed by atoms with Crippen molar-refractivity contribution in [1.82, 2.24) is 24.9 Å². The van der Waals surface area contributed by atoms with Crippen molar-refractivity contribution in [3.63, 3.8) is 0 Å². The largest absolute Gasteiger partial charge is 0.306 e. The zero-order valence-electron chi connectivity index (χ0n) is 17.4. The van der Waals surface area contributed by atoms with Crippen LogP contribution >= 0.6 is 0 Å². The molecule has 1 N–H and O–H groups in total. The van der Waals surface area contributed by atoms with E-state index in [1.807, 2.05) is 28.7 Å². The Labute approximate surface area is 172 Å². The number of benzene rings is 2. The quantitative estimate of drug-likeness (QED) is 0.521. The standard InChI is InChI=1S/C24H27N5/c1-17-10-11-18(2)23(12-17)29-16-22(24(27-29)20-8-6-5-7-9-20)13-25-19(3)21-14-26-28(4)15-21/h5-12,14-16,19,25H,13H2,1-4H3. The van der Waals surface area contributed by atoms with E-state index in [0.717, 1.165) is 23.5 Å². The first kappa shape index (κ1) is 19.2. The van der Waals surface area contributed by atoms with Crippen LogP contribution in [0.2, 0.25) is 0 Å². The van der Waals surface area contributed by atoms with Crippen LogP contribution in [0.5, 0.6) is 0 Å². The number of rotatable bonds is 6. The minimum absolute atomic E-state index is 0.205. The van der Waals surface area contributed by atoms with E-state index in [0.29, 0.717) is 0 Å². The summed E-state index contributed by atoms with van der Waals surface area (Å²) in [7, 11) is 1.94. The highest BCUT2D eigenvalue weighted by Crippen LogP contribution is 2.26. The zero-order valence-corrected chi connectivity index (χ0v) is 17.4. The van der Waals surface area contributed by atoms with Gasteiger partial charge in [0, 0.05) is 48.7 Å². The number of nitrogens with zero attached hydrogens (tertiary/aromatic N) is 4. The first-order valence-electron chi connectivity index (χ1n) is 9.95. The van der Waals surface area contributed by atoms with Crippen LogP contribution in [-0.2, 0) is 13.6 Å². The van der Waals surface area contributed by atoms with E-state index in [1.165, 1.54) is 22.3 Å². The summed E-state index contributed by atoms with van der Waals surface area (Å²) in [5, 5.41) is 12.9. The first-order valence-corrected chi connectivity index (χ1v) is 9.95. The molecule has 5 nitrogen and oxygen atoms in total. The highest BCUT2D eigenvalue weighted by Gasteiger charge is 2.15. The summed E-state index contributed by atoms with van der Waals surface area (Å²) < 4.78 is 3.85. The molecule has 2 aromatic heterocycles. The second-order valence-electron chi connectivity index (χ2n) is 7.65. The first-order chi connectivity index (χ1) is 14.0. The second-order valence-corrected chi connectivity index (χ2v) is 7.65. The van der Waals surface area contributed by atoms with Crippen molar-refractivity contribution in [1.29, 1.82) is 0 Å². The van der Waals surface area contributed by atoms with Crippen LogP contribution in [0.4, 0.5) is 0 Å². The minimum atomic E-state index is 0.205. The van der Waals surface area contributed by atoms with Crippen molar-refractivity contribution in [3.05, 3.63) is 89.4 Å². The molecule has 4 aromatic rings. The molecule has 2 heterocycles. The molecule has 4 rings (SSSR count). The van der Waals surface area contributed by atoms with Crippen LogP contribution in [-0.4, -0.2) is 19.6 Å². The smallest absolute Gasteiger partial charge is 0.0972 e. The molecule has 0 fully saturated rings. The lowest BCUT2D eigenvalue weighted by atomic mass is 10.1. The molecule has 1 unspecified atom stereocenters. The van der Waals surface area contributed by atoms with E-state index in [9.17, 15) is 0 Å². The van der Waals surface area contributed by atoms with Crippen LogP contribution in [0.3, 0.4) is 0 Å². The van der Waals surface area contributed by atoms with E-state index in [4.69, 9.17) is 5.10 Å². The molecule has 5 heteroatoms. The van der Waals surface area contributed by atoms with Crippen molar-refractivity contribution >= 4 is 0 Å². The molecule has 2 aromatic carbocycles. The Morgan fingerprint density at radius 2 is 1.83 bits per heavy atom. The van der Waals surface area contributed by atoms with Crippen molar-refractivity contribution in [2.75, 3.05) is 0 Å². The molecule has 0 aliphatic heterocycles. The minimum Gasteiger partial charge on any atom is -0.306 e. The molecule has 0 saturated heterocycles. The predicted octanol–water partition coefficient (Wildman–Crippen LogP) is 4.74. The lowest BCUT2D eigenvalue weighted by Gasteiger charge is -2.12. The van der Waals surface area contributed by atoms with E-state index < -0.39 is 0 Å². The third kappa shape index (κ3) is 4.15. The van der Waals surface area contributed by atoms with Gasteiger partial charge in [-0.2, -0.15) is 10.2 Å². The van der Waals surface area contributed by atoms with Crippen LogP contribution in [0.15, 0.2) is 67.1 Å². The zero-order chi connectivity index (χ0) is 20.4. The van der Waals surface area contributed by atoms with Gasteiger partial charge in [0.05, 0.1) is 17.6 Å². The number of hydrogen-bond acceptors (Lipinski definition) is 3. The molecular formula is C24H27N5. The number of hydrogen-bond donors (Lipinski definition) is 1. The van der Waals surface area contributed by atoms with Gasteiger partial charge in [0.1, 0.15) is 0 Å². The monoisotopic (exact) mass is 385 g/mol. The van der Waals surface area contributed by atoms with E-state index in [2.05, 4.69) is 86.0 Å². The van der Waals surface area contributed by atoms with Gasteiger partial charge in [-0.15, -0.1) is 0 Å². The summed E-state index contributed by atoms with van der Waals surface area (Å²) in [5.41, 5.74) is 8.05. The normalized spacial score (nSPS) is 12.3. The van der Waals surface area contributed by atoms with Gasteiger partial charge in [-0.05, 0) is 38.0 Å². The fourth-order valence-corrected chi connectivity index (χ4v) is 3.51. The van der Waals surface area contributed by atoms with Crippen LogP contribution in [0.1, 0.15) is 35.2 Å². The number of aryl methyl sites for hydroxylation is 3. The molecular weight excluding hydrogens is 358 g/mol. The van der Waals surface area contributed by atoms with Crippen LogP contribution < -0.4 is 5.32 Å². The van der Waals surface area contributed by atoms with Crippen molar-refractivity contribution in [3.8, 4) is 16.9 Å². The topological polar surface area (TPSA) is 47.7 Å². The maximum atomic E-state index is 4.97. The third-order valence-electron chi connectivity index (χ3n) is 5.27. The Morgan fingerprint density at radius 3 is 2.55 bits per heavy atom. The van der Waals surface area contributed by atoms with Gasteiger partial charge >= 0.3 is 0 Å². The van der Waals surface area contributed by atoms with Crippen LogP contribution in [0.25, 0.3) is 16.9 Å². The van der Waals surface area contributed by atoms with Crippen molar-refractivity contribution in [2.24, 2.45) is 7.05 Å². The maximum Gasteiger partial charge on any atom is 0.0972 e. The van der Waals surface area contributed by atoms with Gasteiger partial charge in [-0.3, -0.25) is 4.68 Å². The van der Waals surface area contributed by atoms with Gasteiger partial charge in [0.2, 0.25) is 0 Å². The molecule has 1 atom stereocenters. The molecule has 0 spiro atoms. The summed E-state index contributed by atoms with van der Waals surface area (Å²) in [6.07, 6.45) is 6.11. The Morgan fingerprint density at radius 1 is 1.03 bits per heavy atom. The lowest BCUT2D eigenvalue weighted by molar-refractivity contribution is 0.574. The summed E-state index contributed by atoms with van der Waals surface area (Å²) >= 11 is 0. The highest BCUT2D eigenvalue weighted by molar-refractivity contribution is 5.63. The molecule has 0 amide bonds. The average Bonchev–Trinajstić information content (AvgIpc) is 3.35. The summed E-state index contributed by atoms with van der Waals surface area (Å²) in [6, 6.07) is 17.1. The molecule has 0 radical (unpaired) electrons. The SMILES string of the molecule is Cc1ccc(C)c(-n2cc(CNC(C)c3cnn(C)c3)c(-c3ccccc3)n2)c1.